The molecule has 2 unspecified atom stereocenters. The number of hydrogen-bond acceptors (Lipinski definition) is 3. The van der Waals surface area contributed by atoms with Gasteiger partial charge < -0.3 is 14.6 Å². The highest BCUT2D eigenvalue weighted by Gasteiger charge is 2.17. The summed E-state index contributed by atoms with van der Waals surface area (Å²) in [5, 5.41) is 10.7. The molecule has 106 valence electrons. The van der Waals surface area contributed by atoms with Gasteiger partial charge in [0.25, 0.3) is 0 Å². The molecule has 0 amide bonds. The van der Waals surface area contributed by atoms with Gasteiger partial charge >= 0.3 is 0 Å². The lowest BCUT2D eigenvalue weighted by atomic mass is 9.99. The van der Waals surface area contributed by atoms with Gasteiger partial charge in [0, 0.05) is 6.61 Å². The minimum atomic E-state index is -0.492. The summed E-state index contributed by atoms with van der Waals surface area (Å²) in [6.07, 6.45) is 4.90. The van der Waals surface area contributed by atoms with E-state index in [4.69, 9.17) is 21.1 Å². The SMILES string of the molecule is COc1ccc(C(O)CCC2CCCCO2)cc1Cl. The summed E-state index contributed by atoms with van der Waals surface area (Å²) in [7, 11) is 1.58. The van der Waals surface area contributed by atoms with Crippen LogP contribution in [0, 0.1) is 0 Å². The highest BCUT2D eigenvalue weighted by atomic mass is 35.5. The second-order valence-electron chi connectivity index (χ2n) is 4.98. The maximum atomic E-state index is 10.2. The largest absolute Gasteiger partial charge is 0.495 e. The number of halogens is 1. The molecule has 0 aromatic heterocycles. The maximum Gasteiger partial charge on any atom is 0.137 e. The topological polar surface area (TPSA) is 38.7 Å². The molecule has 19 heavy (non-hydrogen) atoms. The Morgan fingerprint density at radius 2 is 2.32 bits per heavy atom. The number of benzene rings is 1. The Kier molecular flexibility index (Phi) is 5.49. The quantitative estimate of drug-likeness (QED) is 0.895. The normalized spacial score (nSPS) is 21.1. The van der Waals surface area contributed by atoms with Gasteiger partial charge in [0.15, 0.2) is 0 Å². The minimum absolute atomic E-state index is 0.303. The highest BCUT2D eigenvalue weighted by Crippen LogP contribution is 2.30. The van der Waals surface area contributed by atoms with Crippen LogP contribution in [-0.4, -0.2) is 24.9 Å². The third-order valence-electron chi connectivity index (χ3n) is 3.60. The first kappa shape index (κ1) is 14.6. The van der Waals surface area contributed by atoms with E-state index < -0.39 is 6.10 Å². The summed E-state index contributed by atoms with van der Waals surface area (Å²) in [5.74, 6) is 0.633. The number of aliphatic hydroxyl groups excluding tert-OH is 1. The molecular weight excluding hydrogens is 264 g/mol. The molecule has 1 aliphatic rings. The van der Waals surface area contributed by atoms with Crippen LogP contribution >= 0.6 is 11.6 Å². The molecule has 0 aliphatic carbocycles. The Morgan fingerprint density at radius 3 is 2.95 bits per heavy atom. The summed E-state index contributed by atoms with van der Waals surface area (Å²) in [6.45, 7) is 0.856. The van der Waals surface area contributed by atoms with Gasteiger partial charge in [-0.2, -0.15) is 0 Å². The van der Waals surface area contributed by atoms with E-state index in [-0.39, 0.29) is 0 Å². The van der Waals surface area contributed by atoms with Crippen molar-refractivity contribution in [3.63, 3.8) is 0 Å². The number of hydrogen-bond donors (Lipinski definition) is 1. The fourth-order valence-corrected chi connectivity index (χ4v) is 2.70. The Morgan fingerprint density at radius 1 is 1.47 bits per heavy atom. The molecule has 0 radical (unpaired) electrons. The summed E-state index contributed by atoms with van der Waals surface area (Å²) < 4.78 is 10.8. The molecule has 1 saturated heterocycles. The molecular formula is C15H21ClO3. The Bertz CT molecular complexity index is 402. The first-order valence-electron chi connectivity index (χ1n) is 6.84. The molecule has 1 aliphatic heterocycles. The molecule has 1 aromatic rings. The van der Waals surface area contributed by atoms with Gasteiger partial charge in [0.1, 0.15) is 5.75 Å². The van der Waals surface area contributed by atoms with Crippen molar-refractivity contribution in [1.29, 1.82) is 0 Å². The molecule has 2 atom stereocenters. The van der Waals surface area contributed by atoms with E-state index in [2.05, 4.69) is 0 Å². The average molecular weight is 285 g/mol. The molecule has 1 fully saturated rings. The van der Waals surface area contributed by atoms with E-state index >= 15 is 0 Å². The van der Waals surface area contributed by atoms with Crippen molar-refractivity contribution < 1.29 is 14.6 Å². The van der Waals surface area contributed by atoms with Gasteiger partial charge in [-0.3, -0.25) is 0 Å². The van der Waals surface area contributed by atoms with Crippen LogP contribution in [0.1, 0.15) is 43.8 Å². The predicted octanol–water partition coefficient (Wildman–Crippen LogP) is 3.73. The summed E-state index contributed by atoms with van der Waals surface area (Å²) >= 11 is 6.06. The van der Waals surface area contributed by atoms with Crippen molar-refractivity contribution in [2.75, 3.05) is 13.7 Å². The van der Waals surface area contributed by atoms with Crippen LogP contribution in [0.4, 0.5) is 0 Å². The molecule has 0 bridgehead atoms. The predicted molar refractivity (Wildman–Crippen MR) is 75.8 cm³/mol. The second kappa shape index (κ2) is 7.13. The van der Waals surface area contributed by atoms with E-state index in [1.54, 1.807) is 19.2 Å². The smallest absolute Gasteiger partial charge is 0.137 e. The highest BCUT2D eigenvalue weighted by molar-refractivity contribution is 6.32. The molecule has 1 aromatic carbocycles. The van der Waals surface area contributed by atoms with E-state index in [0.717, 1.165) is 31.4 Å². The zero-order valence-corrected chi connectivity index (χ0v) is 12.0. The van der Waals surface area contributed by atoms with Crippen molar-refractivity contribution >= 4 is 11.6 Å². The lowest BCUT2D eigenvalue weighted by Gasteiger charge is -2.23. The molecule has 1 N–H and O–H groups in total. The molecule has 0 spiro atoms. The van der Waals surface area contributed by atoms with Gasteiger partial charge in [-0.15, -0.1) is 0 Å². The number of aliphatic hydroxyl groups is 1. The molecule has 0 saturated carbocycles. The molecule has 3 nitrogen and oxygen atoms in total. The average Bonchev–Trinajstić information content (AvgIpc) is 2.45. The summed E-state index contributed by atoms with van der Waals surface area (Å²) in [4.78, 5) is 0. The van der Waals surface area contributed by atoms with Crippen molar-refractivity contribution in [3.05, 3.63) is 28.8 Å². The minimum Gasteiger partial charge on any atom is -0.495 e. The van der Waals surface area contributed by atoms with Crippen molar-refractivity contribution in [3.8, 4) is 5.75 Å². The standard InChI is InChI=1S/C15H21ClO3/c1-18-15-8-5-11(10-13(15)16)14(17)7-6-12-4-2-3-9-19-12/h5,8,10,12,14,17H,2-4,6-7,9H2,1H3. The third-order valence-corrected chi connectivity index (χ3v) is 3.89. The molecule has 1 heterocycles. The zero-order valence-electron chi connectivity index (χ0n) is 11.3. The Labute approximate surface area is 119 Å². The monoisotopic (exact) mass is 284 g/mol. The van der Waals surface area contributed by atoms with E-state index in [1.807, 2.05) is 6.07 Å². The van der Waals surface area contributed by atoms with Crippen molar-refractivity contribution in [2.24, 2.45) is 0 Å². The van der Waals surface area contributed by atoms with Gasteiger partial charge in [-0.1, -0.05) is 17.7 Å². The van der Waals surface area contributed by atoms with E-state index in [9.17, 15) is 5.11 Å². The van der Waals surface area contributed by atoms with Gasteiger partial charge in [0.2, 0.25) is 0 Å². The first-order valence-corrected chi connectivity index (χ1v) is 7.21. The fraction of sp³-hybridized carbons (Fsp3) is 0.600. The van der Waals surface area contributed by atoms with Crippen LogP contribution in [0.5, 0.6) is 5.75 Å². The Hall–Kier alpha value is -0.770. The fourth-order valence-electron chi connectivity index (χ4n) is 2.44. The lowest BCUT2D eigenvalue weighted by Crippen LogP contribution is -2.19. The lowest BCUT2D eigenvalue weighted by molar-refractivity contribution is 0.00213. The zero-order chi connectivity index (χ0) is 13.7. The van der Waals surface area contributed by atoms with Crippen LogP contribution < -0.4 is 4.74 Å². The van der Waals surface area contributed by atoms with Crippen LogP contribution in [0.25, 0.3) is 0 Å². The van der Waals surface area contributed by atoms with Crippen LogP contribution in [0.2, 0.25) is 5.02 Å². The van der Waals surface area contributed by atoms with Crippen LogP contribution in [0.15, 0.2) is 18.2 Å². The second-order valence-corrected chi connectivity index (χ2v) is 5.38. The number of ether oxygens (including phenoxy) is 2. The van der Waals surface area contributed by atoms with Gasteiger partial charge in [-0.05, 0) is 49.8 Å². The Balaban J connectivity index is 1.88. The summed E-state index contributed by atoms with van der Waals surface area (Å²) in [6, 6.07) is 5.42. The van der Waals surface area contributed by atoms with E-state index in [0.29, 0.717) is 23.3 Å². The number of methoxy groups -OCH3 is 1. The summed E-state index contributed by atoms with van der Waals surface area (Å²) in [5.41, 5.74) is 0.835. The van der Waals surface area contributed by atoms with Crippen molar-refractivity contribution in [2.45, 2.75) is 44.3 Å². The van der Waals surface area contributed by atoms with Gasteiger partial charge in [0.05, 0.1) is 24.3 Å². The van der Waals surface area contributed by atoms with E-state index in [1.165, 1.54) is 6.42 Å². The number of rotatable bonds is 5. The maximum absolute atomic E-state index is 10.2. The third kappa shape index (κ3) is 4.10. The van der Waals surface area contributed by atoms with Crippen LogP contribution in [0.3, 0.4) is 0 Å². The first-order chi connectivity index (χ1) is 9.20. The van der Waals surface area contributed by atoms with Crippen molar-refractivity contribution in [1.82, 2.24) is 0 Å². The van der Waals surface area contributed by atoms with Gasteiger partial charge in [-0.25, -0.2) is 0 Å². The molecule has 2 rings (SSSR count). The molecule has 4 heteroatoms. The van der Waals surface area contributed by atoms with Crippen LogP contribution in [-0.2, 0) is 4.74 Å².